The number of nitrogens with one attached hydrogen (secondary N) is 1. The van der Waals surface area contributed by atoms with Gasteiger partial charge in [-0.15, -0.1) is 0 Å². The average Bonchev–Trinajstić information content (AvgIpc) is 2.22. The first-order valence-corrected chi connectivity index (χ1v) is 5.99. The van der Waals surface area contributed by atoms with Gasteiger partial charge in [-0.25, -0.2) is 4.39 Å². The molecule has 1 rings (SSSR count). The minimum absolute atomic E-state index is 0.00264. The van der Waals surface area contributed by atoms with Crippen LogP contribution in [-0.4, -0.2) is 42.0 Å². The maximum atomic E-state index is 12.5. The molecule has 1 heterocycles. The van der Waals surface area contributed by atoms with Crippen LogP contribution in [0, 0.1) is 5.41 Å². The standard InChI is InChI=1S/C12H21FN2O2/c1-5-8-10(16)14-9(12(2,3)4)11(17)15(8)7-6-13/h8-9H,5-7H2,1-4H3,(H,14,16). The molecule has 1 aliphatic heterocycles. The van der Waals surface area contributed by atoms with E-state index >= 15 is 0 Å². The Kier molecular flexibility index (Phi) is 4.11. The van der Waals surface area contributed by atoms with E-state index in [0.29, 0.717) is 6.42 Å². The van der Waals surface area contributed by atoms with E-state index in [2.05, 4.69) is 5.32 Å². The monoisotopic (exact) mass is 244 g/mol. The maximum Gasteiger partial charge on any atom is 0.246 e. The quantitative estimate of drug-likeness (QED) is 0.808. The zero-order valence-electron chi connectivity index (χ0n) is 10.9. The van der Waals surface area contributed by atoms with Gasteiger partial charge in [0, 0.05) is 6.54 Å². The first-order valence-electron chi connectivity index (χ1n) is 5.99. The summed E-state index contributed by atoms with van der Waals surface area (Å²) in [5.74, 6) is -0.359. The van der Waals surface area contributed by atoms with Crippen LogP contribution >= 0.6 is 0 Å². The Labute approximate surface area is 102 Å². The van der Waals surface area contributed by atoms with E-state index in [4.69, 9.17) is 0 Å². The second-order valence-electron chi connectivity index (χ2n) is 5.45. The van der Waals surface area contributed by atoms with Crippen LogP contribution in [0.1, 0.15) is 34.1 Å². The molecular formula is C12H21FN2O2. The van der Waals surface area contributed by atoms with Gasteiger partial charge in [0.25, 0.3) is 0 Å². The molecule has 0 aliphatic carbocycles. The van der Waals surface area contributed by atoms with Crippen molar-refractivity contribution in [1.29, 1.82) is 0 Å². The van der Waals surface area contributed by atoms with Gasteiger partial charge in [-0.3, -0.25) is 9.59 Å². The highest BCUT2D eigenvalue weighted by atomic mass is 19.1. The second kappa shape index (κ2) is 5.02. The Morgan fingerprint density at radius 3 is 2.35 bits per heavy atom. The van der Waals surface area contributed by atoms with Gasteiger partial charge in [0.15, 0.2) is 0 Å². The first-order chi connectivity index (χ1) is 7.82. The summed E-state index contributed by atoms with van der Waals surface area (Å²) in [4.78, 5) is 25.5. The van der Waals surface area contributed by atoms with Gasteiger partial charge in [-0.2, -0.15) is 0 Å². The van der Waals surface area contributed by atoms with Gasteiger partial charge in [0.05, 0.1) is 0 Å². The first kappa shape index (κ1) is 13.9. The van der Waals surface area contributed by atoms with Crippen molar-refractivity contribution in [1.82, 2.24) is 10.2 Å². The van der Waals surface area contributed by atoms with Gasteiger partial charge in [0.1, 0.15) is 18.8 Å². The molecule has 2 unspecified atom stereocenters. The van der Waals surface area contributed by atoms with Crippen molar-refractivity contribution >= 4 is 11.8 Å². The predicted molar refractivity (Wildman–Crippen MR) is 63.2 cm³/mol. The van der Waals surface area contributed by atoms with Crippen molar-refractivity contribution in [3.8, 4) is 0 Å². The van der Waals surface area contributed by atoms with E-state index in [1.54, 1.807) is 0 Å². The number of halogens is 1. The molecule has 17 heavy (non-hydrogen) atoms. The molecule has 1 N–H and O–H groups in total. The number of carbonyl (C=O) groups excluding carboxylic acids is 2. The topological polar surface area (TPSA) is 49.4 Å². The van der Waals surface area contributed by atoms with Crippen LogP contribution in [0.3, 0.4) is 0 Å². The summed E-state index contributed by atoms with van der Waals surface area (Å²) in [5, 5.41) is 2.74. The van der Waals surface area contributed by atoms with E-state index in [1.807, 2.05) is 27.7 Å². The number of alkyl halides is 1. The van der Waals surface area contributed by atoms with Crippen molar-refractivity contribution in [2.45, 2.75) is 46.2 Å². The van der Waals surface area contributed by atoms with Crippen molar-refractivity contribution in [2.75, 3.05) is 13.2 Å². The number of hydrogen-bond acceptors (Lipinski definition) is 2. The highest BCUT2D eigenvalue weighted by molar-refractivity contribution is 5.97. The SMILES string of the molecule is CCC1C(=O)NC(C(C)(C)C)C(=O)N1CCF. The number of piperazine rings is 1. The summed E-state index contributed by atoms with van der Waals surface area (Å²) in [6.45, 7) is 6.85. The highest BCUT2D eigenvalue weighted by Gasteiger charge is 2.44. The number of nitrogens with zero attached hydrogens (tertiary/aromatic N) is 1. The summed E-state index contributed by atoms with van der Waals surface area (Å²) in [6, 6.07) is -1.10. The third-order valence-electron chi connectivity index (χ3n) is 3.07. The number of amides is 2. The lowest BCUT2D eigenvalue weighted by Gasteiger charge is -2.42. The Hall–Kier alpha value is -1.13. The van der Waals surface area contributed by atoms with Crippen molar-refractivity contribution in [3.63, 3.8) is 0 Å². The summed E-state index contributed by atoms with van der Waals surface area (Å²) in [5.41, 5.74) is -0.361. The maximum absolute atomic E-state index is 12.5. The van der Waals surface area contributed by atoms with E-state index in [-0.39, 0.29) is 23.8 Å². The molecule has 1 aliphatic rings. The number of carbonyl (C=O) groups is 2. The van der Waals surface area contributed by atoms with Gasteiger partial charge in [-0.1, -0.05) is 27.7 Å². The van der Waals surface area contributed by atoms with E-state index in [1.165, 1.54) is 4.90 Å². The minimum Gasteiger partial charge on any atom is -0.342 e. The molecule has 0 bridgehead atoms. The third kappa shape index (κ3) is 2.76. The van der Waals surface area contributed by atoms with E-state index < -0.39 is 18.8 Å². The van der Waals surface area contributed by atoms with E-state index in [9.17, 15) is 14.0 Å². The Morgan fingerprint density at radius 1 is 1.35 bits per heavy atom. The lowest BCUT2D eigenvalue weighted by molar-refractivity contribution is -0.152. The summed E-state index contributed by atoms with van der Waals surface area (Å²) in [7, 11) is 0. The Bertz CT molecular complexity index is 312. The number of hydrogen-bond donors (Lipinski definition) is 1. The molecule has 0 aromatic heterocycles. The molecular weight excluding hydrogens is 223 g/mol. The van der Waals surface area contributed by atoms with Crippen LogP contribution in [0.5, 0.6) is 0 Å². The largest absolute Gasteiger partial charge is 0.342 e. The number of rotatable bonds is 3. The van der Waals surface area contributed by atoms with Crippen LogP contribution in [0.25, 0.3) is 0 Å². The molecule has 0 spiro atoms. The smallest absolute Gasteiger partial charge is 0.246 e. The van der Waals surface area contributed by atoms with Crippen molar-refractivity contribution in [3.05, 3.63) is 0 Å². The van der Waals surface area contributed by atoms with Crippen LogP contribution in [0.4, 0.5) is 4.39 Å². The van der Waals surface area contributed by atoms with Crippen molar-refractivity contribution < 1.29 is 14.0 Å². The fourth-order valence-electron chi connectivity index (χ4n) is 2.11. The summed E-state index contributed by atoms with van der Waals surface area (Å²) >= 11 is 0. The molecule has 2 amide bonds. The van der Waals surface area contributed by atoms with Crippen LogP contribution in [0.2, 0.25) is 0 Å². The Balaban J connectivity index is 2.98. The fourth-order valence-corrected chi connectivity index (χ4v) is 2.11. The fraction of sp³-hybridized carbons (Fsp3) is 0.833. The van der Waals surface area contributed by atoms with Gasteiger partial charge < -0.3 is 10.2 Å². The normalized spacial score (nSPS) is 26.1. The molecule has 2 atom stereocenters. The van der Waals surface area contributed by atoms with Gasteiger partial charge in [0.2, 0.25) is 11.8 Å². The molecule has 98 valence electrons. The summed E-state index contributed by atoms with van der Waals surface area (Å²) < 4.78 is 12.5. The Morgan fingerprint density at radius 2 is 1.94 bits per heavy atom. The molecule has 0 saturated carbocycles. The molecule has 4 nitrogen and oxygen atoms in total. The molecule has 1 fully saturated rings. The highest BCUT2D eigenvalue weighted by Crippen LogP contribution is 2.25. The zero-order valence-corrected chi connectivity index (χ0v) is 10.9. The zero-order chi connectivity index (χ0) is 13.2. The third-order valence-corrected chi connectivity index (χ3v) is 3.07. The molecule has 0 aromatic carbocycles. The van der Waals surface area contributed by atoms with Gasteiger partial charge in [-0.05, 0) is 11.8 Å². The lowest BCUT2D eigenvalue weighted by atomic mass is 9.83. The second-order valence-corrected chi connectivity index (χ2v) is 5.45. The van der Waals surface area contributed by atoms with E-state index in [0.717, 1.165) is 0 Å². The minimum atomic E-state index is -0.619. The van der Waals surface area contributed by atoms with Crippen LogP contribution in [-0.2, 0) is 9.59 Å². The molecule has 0 radical (unpaired) electrons. The van der Waals surface area contributed by atoms with Crippen LogP contribution in [0.15, 0.2) is 0 Å². The lowest BCUT2D eigenvalue weighted by Crippen LogP contribution is -2.66. The summed E-state index contributed by atoms with van der Waals surface area (Å²) in [6.07, 6.45) is 0.508. The molecule has 1 saturated heterocycles. The molecule has 5 heteroatoms. The van der Waals surface area contributed by atoms with Gasteiger partial charge >= 0.3 is 0 Å². The predicted octanol–water partition coefficient (Wildman–Crippen LogP) is 1.11. The van der Waals surface area contributed by atoms with Crippen molar-refractivity contribution in [2.24, 2.45) is 5.41 Å². The molecule has 0 aromatic rings. The van der Waals surface area contributed by atoms with Crippen LogP contribution < -0.4 is 5.32 Å². The average molecular weight is 244 g/mol.